The molecule has 0 aliphatic heterocycles. The second kappa shape index (κ2) is 4.35. The van der Waals surface area contributed by atoms with E-state index in [9.17, 15) is 5.11 Å². The van der Waals surface area contributed by atoms with Gasteiger partial charge in [-0.05, 0) is 30.7 Å². The highest BCUT2D eigenvalue weighted by molar-refractivity contribution is 5.56. The third-order valence-electron chi connectivity index (χ3n) is 2.41. The van der Waals surface area contributed by atoms with Crippen LogP contribution in [-0.2, 0) is 13.5 Å². The predicted molar refractivity (Wildman–Crippen MR) is 62.1 cm³/mol. The molecule has 16 heavy (non-hydrogen) atoms. The van der Waals surface area contributed by atoms with Gasteiger partial charge in [0.25, 0.3) is 0 Å². The molecular weight excluding hydrogens is 202 g/mol. The quantitative estimate of drug-likeness (QED) is 0.857. The maximum atomic E-state index is 9.22. The van der Waals surface area contributed by atoms with Crippen LogP contribution < -0.4 is 0 Å². The number of benzene rings is 1. The van der Waals surface area contributed by atoms with Gasteiger partial charge in [0.15, 0.2) is 11.6 Å². The van der Waals surface area contributed by atoms with Crippen molar-refractivity contribution in [1.29, 1.82) is 0 Å². The minimum Gasteiger partial charge on any atom is -0.508 e. The van der Waals surface area contributed by atoms with E-state index < -0.39 is 0 Å². The Hall–Kier alpha value is -1.84. The first-order valence-electron chi connectivity index (χ1n) is 5.40. The summed E-state index contributed by atoms with van der Waals surface area (Å²) < 4.78 is 1.78. The first-order chi connectivity index (χ1) is 7.70. The minimum absolute atomic E-state index is 0.264. The van der Waals surface area contributed by atoms with E-state index in [2.05, 4.69) is 17.0 Å². The molecule has 0 aliphatic rings. The van der Waals surface area contributed by atoms with Crippen LogP contribution in [0, 0.1) is 0 Å². The highest BCUT2D eigenvalue weighted by atomic mass is 16.3. The van der Waals surface area contributed by atoms with Gasteiger partial charge < -0.3 is 5.11 Å². The lowest BCUT2D eigenvalue weighted by molar-refractivity contribution is 0.475. The molecule has 0 saturated carbocycles. The van der Waals surface area contributed by atoms with Crippen LogP contribution in [0.15, 0.2) is 24.3 Å². The topological polar surface area (TPSA) is 50.9 Å². The van der Waals surface area contributed by atoms with Crippen molar-refractivity contribution in [2.24, 2.45) is 7.05 Å². The van der Waals surface area contributed by atoms with E-state index >= 15 is 0 Å². The Morgan fingerprint density at radius 2 is 1.94 bits per heavy atom. The van der Waals surface area contributed by atoms with Crippen molar-refractivity contribution in [2.45, 2.75) is 19.8 Å². The molecule has 1 aromatic heterocycles. The zero-order valence-electron chi connectivity index (χ0n) is 9.51. The Morgan fingerprint density at radius 3 is 2.56 bits per heavy atom. The van der Waals surface area contributed by atoms with Gasteiger partial charge in [-0.3, -0.25) is 0 Å². The molecule has 2 aromatic rings. The van der Waals surface area contributed by atoms with E-state index in [1.807, 2.05) is 19.2 Å². The second-order valence-corrected chi connectivity index (χ2v) is 3.77. The van der Waals surface area contributed by atoms with Gasteiger partial charge in [0.05, 0.1) is 0 Å². The molecule has 1 N–H and O–H groups in total. The SMILES string of the molecule is CCCc1nc(-c2ccc(O)cc2)n(C)n1. The van der Waals surface area contributed by atoms with Crippen LogP contribution in [0.4, 0.5) is 0 Å². The van der Waals surface area contributed by atoms with Gasteiger partial charge in [0.2, 0.25) is 0 Å². The number of hydrogen-bond acceptors (Lipinski definition) is 3. The molecule has 4 heteroatoms. The van der Waals surface area contributed by atoms with E-state index in [1.54, 1.807) is 16.8 Å². The number of aromatic hydroxyl groups is 1. The normalized spacial score (nSPS) is 10.6. The van der Waals surface area contributed by atoms with Gasteiger partial charge in [0, 0.05) is 19.0 Å². The van der Waals surface area contributed by atoms with Crippen LogP contribution in [0.5, 0.6) is 5.75 Å². The maximum absolute atomic E-state index is 9.22. The molecular formula is C12H15N3O. The summed E-state index contributed by atoms with van der Waals surface area (Å²) in [5.74, 6) is 1.97. The Labute approximate surface area is 94.6 Å². The van der Waals surface area contributed by atoms with Gasteiger partial charge in [-0.25, -0.2) is 9.67 Å². The molecule has 0 bridgehead atoms. The summed E-state index contributed by atoms with van der Waals surface area (Å²) in [7, 11) is 1.88. The molecule has 0 fully saturated rings. The van der Waals surface area contributed by atoms with Gasteiger partial charge in [-0.2, -0.15) is 5.10 Å². The fraction of sp³-hybridized carbons (Fsp3) is 0.333. The van der Waals surface area contributed by atoms with Crippen LogP contribution in [-0.4, -0.2) is 19.9 Å². The van der Waals surface area contributed by atoms with Gasteiger partial charge >= 0.3 is 0 Å². The summed E-state index contributed by atoms with van der Waals surface area (Å²) in [5.41, 5.74) is 0.968. The summed E-state index contributed by atoms with van der Waals surface area (Å²) in [5, 5.41) is 13.6. The van der Waals surface area contributed by atoms with Crippen LogP contribution in [0.25, 0.3) is 11.4 Å². The van der Waals surface area contributed by atoms with Gasteiger partial charge in [0.1, 0.15) is 5.75 Å². The third-order valence-corrected chi connectivity index (χ3v) is 2.41. The summed E-state index contributed by atoms with van der Waals surface area (Å²) in [4.78, 5) is 4.47. The molecule has 0 amide bonds. The first-order valence-corrected chi connectivity index (χ1v) is 5.40. The monoisotopic (exact) mass is 217 g/mol. The molecule has 2 rings (SSSR count). The van der Waals surface area contributed by atoms with Crippen LogP contribution in [0.1, 0.15) is 19.2 Å². The van der Waals surface area contributed by atoms with Crippen LogP contribution in [0.2, 0.25) is 0 Å². The fourth-order valence-electron chi connectivity index (χ4n) is 1.63. The number of phenolic OH excluding ortho intramolecular Hbond substituents is 1. The van der Waals surface area contributed by atoms with E-state index in [4.69, 9.17) is 0 Å². The van der Waals surface area contributed by atoms with Gasteiger partial charge in [-0.1, -0.05) is 6.92 Å². The van der Waals surface area contributed by atoms with Crippen LogP contribution >= 0.6 is 0 Å². The molecule has 0 aliphatic carbocycles. The Morgan fingerprint density at radius 1 is 1.25 bits per heavy atom. The van der Waals surface area contributed by atoms with Crippen molar-refractivity contribution in [3.8, 4) is 17.1 Å². The number of nitrogens with zero attached hydrogens (tertiary/aromatic N) is 3. The highest BCUT2D eigenvalue weighted by Gasteiger charge is 2.08. The average Bonchev–Trinajstić information content (AvgIpc) is 2.61. The van der Waals surface area contributed by atoms with Crippen LogP contribution in [0.3, 0.4) is 0 Å². The Balaban J connectivity index is 2.36. The molecule has 0 saturated heterocycles. The van der Waals surface area contributed by atoms with E-state index in [1.165, 1.54) is 0 Å². The lowest BCUT2D eigenvalue weighted by Gasteiger charge is -1.99. The molecule has 4 nitrogen and oxygen atoms in total. The smallest absolute Gasteiger partial charge is 0.158 e. The van der Waals surface area contributed by atoms with Gasteiger partial charge in [-0.15, -0.1) is 0 Å². The summed E-state index contributed by atoms with van der Waals surface area (Å²) in [6.45, 7) is 2.11. The molecule has 0 atom stereocenters. The summed E-state index contributed by atoms with van der Waals surface area (Å²) in [6.07, 6.45) is 1.94. The molecule has 0 radical (unpaired) electrons. The number of rotatable bonds is 3. The Bertz CT molecular complexity index is 474. The number of aryl methyl sites for hydroxylation is 2. The molecule has 0 unspecified atom stereocenters. The zero-order valence-corrected chi connectivity index (χ0v) is 9.51. The summed E-state index contributed by atoms with van der Waals surface area (Å²) >= 11 is 0. The standard InChI is InChI=1S/C12H15N3O/c1-3-4-11-13-12(15(2)14-11)9-5-7-10(16)8-6-9/h5-8,16H,3-4H2,1-2H3. The number of phenols is 1. The molecule has 0 spiro atoms. The van der Waals surface area contributed by atoms with E-state index in [-0.39, 0.29) is 5.75 Å². The minimum atomic E-state index is 0.264. The Kier molecular flexibility index (Phi) is 2.90. The van der Waals surface area contributed by atoms with Crippen molar-refractivity contribution >= 4 is 0 Å². The predicted octanol–water partition coefficient (Wildman–Crippen LogP) is 2.14. The molecule has 84 valence electrons. The lowest BCUT2D eigenvalue weighted by Crippen LogP contribution is -1.94. The van der Waals surface area contributed by atoms with Crippen molar-refractivity contribution in [3.05, 3.63) is 30.1 Å². The number of aromatic nitrogens is 3. The second-order valence-electron chi connectivity index (χ2n) is 3.77. The maximum Gasteiger partial charge on any atom is 0.158 e. The zero-order chi connectivity index (χ0) is 11.5. The largest absolute Gasteiger partial charge is 0.508 e. The van der Waals surface area contributed by atoms with E-state index in [0.717, 1.165) is 30.1 Å². The summed E-state index contributed by atoms with van der Waals surface area (Å²) in [6, 6.07) is 7.00. The highest BCUT2D eigenvalue weighted by Crippen LogP contribution is 2.19. The molecule has 1 aromatic carbocycles. The van der Waals surface area contributed by atoms with Crippen molar-refractivity contribution < 1.29 is 5.11 Å². The number of hydrogen-bond donors (Lipinski definition) is 1. The van der Waals surface area contributed by atoms with Crippen molar-refractivity contribution in [3.63, 3.8) is 0 Å². The fourth-order valence-corrected chi connectivity index (χ4v) is 1.63. The average molecular weight is 217 g/mol. The van der Waals surface area contributed by atoms with Crippen molar-refractivity contribution in [2.75, 3.05) is 0 Å². The lowest BCUT2D eigenvalue weighted by atomic mass is 10.2. The third kappa shape index (κ3) is 2.05. The van der Waals surface area contributed by atoms with E-state index in [0.29, 0.717) is 0 Å². The molecule has 1 heterocycles. The first kappa shape index (κ1) is 10.7. The van der Waals surface area contributed by atoms with Crippen molar-refractivity contribution in [1.82, 2.24) is 14.8 Å².